The zero-order valence-corrected chi connectivity index (χ0v) is 31.6. The number of nitrogens with one attached hydrogen (secondary N) is 2. The Morgan fingerprint density at radius 1 is 1.10 bits per heavy atom. The van der Waals surface area contributed by atoms with Crippen LogP contribution >= 0.6 is 15.9 Å². The number of methoxy groups -OCH3 is 2. The molecule has 0 bridgehead atoms. The maximum absolute atomic E-state index is 14.5. The molecule has 1 aliphatic heterocycles. The summed E-state index contributed by atoms with van der Waals surface area (Å²) >= 11 is 3.22. The zero-order valence-electron chi connectivity index (χ0n) is 30.0. The Bertz CT molecular complexity index is 1720. The number of ketones is 1. The molecule has 0 radical (unpaired) electrons. The molecule has 1 aromatic carbocycles. The molecule has 3 aliphatic rings. The van der Waals surface area contributed by atoms with E-state index in [4.69, 9.17) is 18.9 Å². The molecule has 2 aliphatic carbocycles. The Balaban J connectivity index is 1.49. The fraction of sp³-hybridized carbons (Fsp3) is 0.568. The number of ether oxygens (including phenoxy) is 4. The van der Waals surface area contributed by atoms with Crippen molar-refractivity contribution >= 4 is 56.5 Å². The molecule has 14 heteroatoms. The number of pyridine rings is 1. The Kier molecular flexibility index (Phi) is 11.3. The summed E-state index contributed by atoms with van der Waals surface area (Å²) in [7, 11) is 2.80. The molecule has 1 unspecified atom stereocenters. The van der Waals surface area contributed by atoms with Crippen LogP contribution in [0.5, 0.6) is 11.5 Å². The topological polar surface area (TPSA) is 162 Å². The normalized spacial score (nSPS) is 23.7. The number of alkyl halides is 1. The van der Waals surface area contributed by atoms with Crippen molar-refractivity contribution in [2.45, 2.75) is 96.1 Å². The SMILES string of the molecule is C=C[C@@H]1C[C@]1(NC(=O)[C@@H]1CC(Oc2cc(C(=O)CBr)nc3cc(OC)c(C)cc23)CN1C(=O)[C@@H](NC(=O)OC1CCCC1)C(C)(C)C)C(=O)OC. The van der Waals surface area contributed by atoms with Gasteiger partial charge in [-0.2, -0.15) is 0 Å². The maximum Gasteiger partial charge on any atom is 0.408 e. The fourth-order valence-electron chi connectivity index (χ4n) is 7.03. The third kappa shape index (κ3) is 8.00. The maximum atomic E-state index is 14.5. The van der Waals surface area contributed by atoms with Gasteiger partial charge < -0.3 is 34.5 Å². The molecule has 276 valence electrons. The monoisotopic (exact) mass is 770 g/mol. The summed E-state index contributed by atoms with van der Waals surface area (Å²) in [6, 6.07) is 2.99. The van der Waals surface area contributed by atoms with Gasteiger partial charge in [0.25, 0.3) is 0 Å². The highest BCUT2D eigenvalue weighted by atomic mass is 79.9. The summed E-state index contributed by atoms with van der Waals surface area (Å²) in [5.41, 5.74) is -0.609. The molecule has 3 amide bonds. The Morgan fingerprint density at radius 3 is 2.39 bits per heavy atom. The number of rotatable bonds is 12. The number of carbonyl (C=O) groups excluding carboxylic acids is 5. The lowest BCUT2D eigenvalue weighted by molar-refractivity contribution is -0.148. The second-order valence-electron chi connectivity index (χ2n) is 14.6. The summed E-state index contributed by atoms with van der Waals surface area (Å²) in [5.74, 6) is -1.35. The molecule has 1 saturated heterocycles. The van der Waals surface area contributed by atoms with Gasteiger partial charge in [0.1, 0.15) is 47.0 Å². The van der Waals surface area contributed by atoms with E-state index in [-0.39, 0.29) is 41.8 Å². The minimum Gasteiger partial charge on any atom is -0.496 e. The minimum absolute atomic E-state index is 0.0281. The van der Waals surface area contributed by atoms with E-state index in [1.165, 1.54) is 12.0 Å². The lowest BCUT2D eigenvalue weighted by Gasteiger charge is -2.35. The molecular formula is C37H47BrN4O9. The summed E-state index contributed by atoms with van der Waals surface area (Å²) < 4.78 is 22.7. The van der Waals surface area contributed by atoms with Gasteiger partial charge in [0.05, 0.1) is 31.6 Å². The predicted molar refractivity (Wildman–Crippen MR) is 192 cm³/mol. The molecule has 1 aromatic heterocycles. The number of aryl methyl sites for hydroxylation is 1. The van der Waals surface area contributed by atoms with Crippen LogP contribution in [0.4, 0.5) is 4.79 Å². The van der Waals surface area contributed by atoms with Gasteiger partial charge in [0, 0.05) is 29.9 Å². The number of aromatic nitrogens is 1. The minimum atomic E-state index is -1.29. The first-order valence-corrected chi connectivity index (χ1v) is 18.3. The molecule has 0 spiro atoms. The van der Waals surface area contributed by atoms with Gasteiger partial charge in [-0.3, -0.25) is 14.4 Å². The number of fused-ring (bicyclic) bond motifs is 1. The molecule has 13 nitrogen and oxygen atoms in total. The molecule has 5 rings (SSSR count). The summed E-state index contributed by atoms with van der Waals surface area (Å²) in [4.78, 5) is 73.3. The van der Waals surface area contributed by atoms with Crippen LogP contribution in [0, 0.1) is 18.3 Å². The number of hydrogen-bond acceptors (Lipinski definition) is 10. The molecule has 5 atom stereocenters. The van der Waals surface area contributed by atoms with Crippen molar-refractivity contribution in [3.8, 4) is 11.5 Å². The van der Waals surface area contributed by atoms with E-state index >= 15 is 0 Å². The highest BCUT2D eigenvalue weighted by Crippen LogP contribution is 2.46. The van der Waals surface area contributed by atoms with Crippen LogP contribution in [-0.2, 0) is 23.9 Å². The van der Waals surface area contributed by atoms with Crippen LogP contribution < -0.4 is 20.1 Å². The lowest BCUT2D eigenvalue weighted by atomic mass is 9.85. The quantitative estimate of drug-likeness (QED) is 0.133. The smallest absolute Gasteiger partial charge is 0.408 e. The van der Waals surface area contributed by atoms with E-state index in [2.05, 4.69) is 38.1 Å². The largest absolute Gasteiger partial charge is 0.496 e. The van der Waals surface area contributed by atoms with Gasteiger partial charge in [0.2, 0.25) is 11.8 Å². The van der Waals surface area contributed by atoms with Gasteiger partial charge in [-0.05, 0) is 56.1 Å². The fourth-order valence-corrected chi connectivity index (χ4v) is 7.31. The Labute approximate surface area is 306 Å². The highest BCUT2D eigenvalue weighted by molar-refractivity contribution is 9.09. The van der Waals surface area contributed by atoms with Gasteiger partial charge >= 0.3 is 12.1 Å². The van der Waals surface area contributed by atoms with Crippen molar-refractivity contribution < 1.29 is 42.9 Å². The first kappa shape index (κ1) is 38.0. The molecule has 51 heavy (non-hydrogen) atoms. The molecule has 2 aromatic rings. The van der Waals surface area contributed by atoms with Crippen molar-refractivity contribution in [3.05, 3.63) is 42.1 Å². The lowest BCUT2D eigenvalue weighted by Crippen LogP contribution is -2.59. The van der Waals surface area contributed by atoms with Crippen LogP contribution in [0.2, 0.25) is 0 Å². The van der Waals surface area contributed by atoms with E-state index in [0.29, 0.717) is 28.8 Å². The van der Waals surface area contributed by atoms with Crippen LogP contribution in [0.3, 0.4) is 0 Å². The number of hydrogen-bond donors (Lipinski definition) is 2. The van der Waals surface area contributed by atoms with E-state index < -0.39 is 53.0 Å². The van der Waals surface area contributed by atoms with Gasteiger partial charge in [-0.25, -0.2) is 14.6 Å². The second kappa shape index (κ2) is 15.2. The van der Waals surface area contributed by atoms with Crippen molar-refractivity contribution in [1.82, 2.24) is 20.5 Å². The Hall–Kier alpha value is -4.20. The van der Waals surface area contributed by atoms with Gasteiger partial charge in [0.15, 0.2) is 5.78 Å². The number of carbonyl (C=O) groups is 5. The van der Waals surface area contributed by atoms with E-state index in [9.17, 15) is 24.0 Å². The molecule has 2 saturated carbocycles. The standard InChI is InChI=1S/C37H47BrN4O9/c1-8-21-17-37(21,34(46)49-7)41-32(44)27-14-23(19-42(27)33(45)31(36(3,4)5)40-35(47)51-22-11-9-10-12-22)50-30-16-26(28(43)18-38)39-25-15-29(48-6)20(2)13-24(25)30/h8,13,15-16,21-23,27,31H,1,9-12,14,17-19H2,2-7H3,(H,40,47)(H,41,44)/t21-,23?,27+,31-,37-/m1/s1. The van der Waals surface area contributed by atoms with Crippen molar-refractivity contribution in [2.24, 2.45) is 11.3 Å². The first-order chi connectivity index (χ1) is 24.1. The molecule has 3 fully saturated rings. The summed E-state index contributed by atoms with van der Waals surface area (Å²) in [6.07, 6.45) is 3.79. The van der Waals surface area contributed by atoms with Crippen molar-refractivity contribution in [1.29, 1.82) is 0 Å². The number of alkyl carbamates (subject to hydrolysis) is 1. The van der Waals surface area contributed by atoms with E-state index in [1.807, 2.05) is 33.8 Å². The second-order valence-corrected chi connectivity index (χ2v) is 15.2. The number of halogens is 1. The van der Waals surface area contributed by atoms with Crippen molar-refractivity contribution in [3.63, 3.8) is 0 Å². The number of esters is 1. The van der Waals surface area contributed by atoms with Crippen LogP contribution in [-0.4, -0.2) is 95.5 Å². The van der Waals surface area contributed by atoms with Crippen LogP contribution in [0.1, 0.15) is 75.3 Å². The summed E-state index contributed by atoms with van der Waals surface area (Å²) in [6.45, 7) is 11.1. The number of amides is 3. The highest BCUT2D eigenvalue weighted by Gasteiger charge is 2.62. The third-order valence-electron chi connectivity index (χ3n) is 9.98. The molecule has 2 heterocycles. The number of Topliss-reactive ketones (excluding diaryl/α,β-unsaturated/α-hetero) is 1. The predicted octanol–water partition coefficient (Wildman–Crippen LogP) is 4.80. The average Bonchev–Trinajstić information content (AvgIpc) is 3.36. The third-order valence-corrected chi connectivity index (χ3v) is 10.5. The van der Waals surface area contributed by atoms with Crippen molar-refractivity contribution in [2.75, 3.05) is 26.1 Å². The molecule has 2 N–H and O–H groups in total. The summed E-state index contributed by atoms with van der Waals surface area (Å²) in [5, 5.41) is 6.30. The molecular weight excluding hydrogens is 724 g/mol. The Morgan fingerprint density at radius 2 is 1.80 bits per heavy atom. The zero-order chi connectivity index (χ0) is 37.2. The number of nitrogens with zero attached hydrogens (tertiary/aromatic N) is 2. The van der Waals surface area contributed by atoms with Crippen LogP contribution in [0.25, 0.3) is 10.9 Å². The van der Waals surface area contributed by atoms with E-state index in [1.54, 1.807) is 25.3 Å². The number of benzene rings is 1. The van der Waals surface area contributed by atoms with E-state index in [0.717, 1.165) is 31.2 Å². The van der Waals surface area contributed by atoms with Crippen LogP contribution in [0.15, 0.2) is 30.9 Å². The number of likely N-dealkylation sites (tertiary alicyclic amines) is 1. The average molecular weight is 772 g/mol. The first-order valence-electron chi connectivity index (χ1n) is 17.2. The van der Waals surface area contributed by atoms with Gasteiger partial charge in [-0.1, -0.05) is 42.8 Å². The van der Waals surface area contributed by atoms with Gasteiger partial charge in [-0.15, -0.1) is 6.58 Å².